The summed E-state index contributed by atoms with van der Waals surface area (Å²) in [4.78, 5) is 35.4. The van der Waals surface area contributed by atoms with Crippen molar-refractivity contribution in [2.24, 2.45) is 0 Å². The molecular weight excluding hydrogens is 1290 g/mol. The summed E-state index contributed by atoms with van der Waals surface area (Å²) in [5.41, 5.74) is 10.4. The molecule has 0 aromatic carbocycles. The van der Waals surface area contributed by atoms with E-state index in [9.17, 15) is 0 Å². The molecule has 9 rings (SSSR count). The Labute approximate surface area is 475 Å². The Morgan fingerprint density at radius 3 is 0.871 bits per heavy atom. The summed E-state index contributed by atoms with van der Waals surface area (Å²) in [6.45, 7) is 18.1. The Bertz CT molecular complexity index is 2200. The van der Waals surface area contributed by atoms with Crippen molar-refractivity contribution in [1.29, 1.82) is 0 Å². The molecule has 9 aromatic rings. The molecule has 9 aromatic heterocycles. The number of hydrogen-bond donors (Lipinski definition) is 0. The number of nitrogens with zero attached hydrogens (tertiary/aromatic N) is 9. The maximum Gasteiger partial charge on any atom is 0.130 e. The fourth-order valence-corrected chi connectivity index (χ4v) is 7.09. The lowest BCUT2D eigenvalue weighted by Gasteiger charge is -1.90. The van der Waals surface area contributed by atoms with Gasteiger partial charge in [-0.25, -0.2) is 19.9 Å². The molecule has 9 nitrogen and oxygen atoms in total. The molecule has 0 radical (unpaired) electrons. The van der Waals surface area contributed by atoms with Gasteiger partial charge in [-0.15, -0.1) is 0 Å². The zero-order valence-corrected chi connectivity index (χ0v) is 50.2. The number of pyridine rings is 9. The van der Waals surface area contributed by atoms with Crippen LogP contribution in [0.3, 0.4) is 0 Å². The molecule has 368 valence electrons. The van der Waals surface area contributed by atoms with Crippen LogP contribution in [-0.2, 0) is 0 Å². The highest BCUT2D eigenvalue weighted by atomic mass is 127. The predicted molar refractivity (Wildman–Crippen MR) is 319 cm³/mol. The maximum atomic E-state index is 5.53. The van der Waals surface area contributed by atoms with Gasteiger partial charge in [-0.2, -0.15) is 0 Å². The first-order valence-corrected chi connectivity index (χ1v) is 26.0. The van der Waals surface area contributed by atoms with E-state index in [1.54, 1.807) is 43.4 Å². The first kappa shape index (κ1) is 63.7. The van der Waals surface area contributed by atoms with Crippen molar-refractivity contribution in [3.63, 3.8) is 0 Å². The van der Waals surface area contributed by atoms with Crippen molar-refractivity contribution in [1.82, 2.24) is 44.9 Å². The average molecular weight is 1350 g/mol. The van der Waals surface area contributed by atoms with Gasteiger partial charge in [0.05, 0.1) is 0 Å². The van der Waals surface area contributed by atoms with Gasteiger partial charge in [0, 0.05) is 87.1 Å². The highest BCUT2D eigenvalue weighted by molar-refractivity contribution is 14.1. The van der Waals surface area contributed by atoms with Gasteiger partial charge in [0.1, 0.15) is 24.7 Å². The van der Waals surface area contributed by atoms with Crippen molar-refractivity contribution >= 4 is 112 Å². The van der Waals surface area contributed by atoms with Crippen molar-refractivity contribution in [2.45, 2.75) is 62.3 Å². The predicted octanol–water partition coefficient (Wildman–Crippen LogP) is 17.5. The second-order valence-corrected chi connectivity index (χ2v) is 19.7. The Hall–Kier alpha value is -4.36. The van der Waals surface area contributed by atoms with Gasteiger partial charge in [-0.05, 0) is 276 Å². The third-order valence-corrected chi connectivity index (χ3v) is 10.6. The minimum atomic E-state index is 0. The van der Waals surface area contributed by atoms with Crippen LogP contribution in [0.1, 0.15) is 52.0 Å². The Morgan fingerprint density at radius 2 is 0.671 bits per heavy atom. The van der Waals surface area contributed by atoms with E-state index in [0.717, 1.165) is 46.7 Å². The number of hydrogen-bond acceptors (Lipinski definition) is 9. The second kappa shape index (κ2) is 39.3. The summed E-state index contributed by atoms with van der Waals surface area (Å²) in [7, 11) is 0. The monoisotopic (exact) mass is 1350 g/mol. The summed E-state index contributed by atoms with van der Waals surface area (Å²) in [6, 6.07) is 38.8. The molecule has 0 aliphatic rings. The normalized spacial score (nSPS) is 9.14. The minimum Gasteiger partial charge on any atom is -0.265 e. The smallest absolute Gasteiger partial charge is 0.130 e. The lowest BCUT2D eigenvalue weighted by atomic mass is 10.3. The van der Waals surface area contributed by atoms with Crippen LogP contribution < -0.4 is 0 Å². The van der Waals surface area contributed by atoms with Crippen molar-refractivity contribution in [3.8, 4) is 0 Å². The van der Waals surface area contributed by atoms with E-state index in [0.29, 0.717) is 15.5 Å². The summed E-state index contributed by atoms with van der Waals surface area (Å²) in [6.07, 6.45) is 15.9. The van der Waals surface area contributed by atoms with E-state index in [-0.39, 0.29) is 1.43 Å². The number of rotatable bonds is 0. The number of aryl methyl sites for hydroxylation is 9. The third-order valence-electron chi connectivity index (χ3n) is 7.75. The van der Waals surface area contributed by atoms with Crippen LogP contribution >= 0.6 is 112 Å². The molecule has 0 aliphatic carbocycles. The van der Waals surface area contributed by atoms with Gasteiger partial charge in [0.2, 0.25) is 0 Å². The minimum absolute atomic E-state index is 0. The highest BCUT2D eigenvalue weighted by Crippen LogP contribution is 2.11. The maximum absolute atomic E-state index is 5.53. The van der Waals surface area contributed by atoms with Gasteiger partial charge in [-0.1, -0.05) is 46.9 Å². The van der Waals surface area contributed by atoms with E-state index in [1.807, 2.05) is 170 Å². The Kier molecular flexibility index (Phi) is 35.7. The van der Waals surface area contributed by atoms with Crippen LogP contribution in [0, 0.1) is 69.5 Å². The molecular formula is C54H58Br2Cl3I2N9. The second-order valence-electron chi connectivity index (χ2n) is 14.5. The standard InChI is InChI=1S/3C7H9N.2C6H6ClN.C6H7N.C5H3Br2N.C5H3ClIN.C5H4IN.H2/c2*1-6-3-4-8-7(2)5-6;1-6-4-3-5-7(2)8-6;2*1-5-2-3-8-6(7)4-5;1-6-2-4-7-5-3-6;6-4-2-1-3-5(7)8-4;6-5-3-4(7)1-2-8-5;6-5-1-3-7-4-2-5;/h3*3-5H,1-2H3;2*2-4H,1H3;2-5H,1H3;2*1-3H;1-4H;1H/i;;;;;;;;;1+1. The van der Waals surface area contributed by atoms with Crippen LogP contribution in [0.4, 0.5) is 0 Å². The highest BCUT2D eigenvalue weighted by Gasteiger charge is 1.89. The first-order chi connectivity index (χ1) is 33.3. The molecule has 0 saturated heterocycles. The number of halogens is 7. The fourth-order valence-electron chi connectivity index (χ4n) is 4.57. The van der Waals surface area contributed by atoms with Gasteiger partial charge < -0.3 is 0 Å². The molecule has 0 atom stereocenters. The molecule has 70 heavy (non-hydrogen) atoms. The molecule has 0 saturated carbocycles. The van der Waals surface area contributed by atoms with Crippen LogP contribution in [0.25, 0.3) is 0 Å². The lowest BCUT2D eigenvalue weighted by Crippen LogP contribution is -1.81. The first-order valence-electron chi connectivity index (χ1n) is 21.1. The van der Waals surface area contributed by atoms with E-state index in [1.165, 1.54) is 20.3 Å². The van der Waals surface area contributed by atoms with Crippen LogP contribution in [0.2, 0.25) is 15.5 Å². The molecule has 9 heterocycles. The van der Waals surface area contributed by atoms with Crippen molar-refractivity contribution in [2.75, 3.05) is 0 Å². The van der Waals surface area contributed by atoms with Crippen molar-refractivity contribution < 1.29 is 1.43 Å². The molecule has 0 N–H and O–H groups in total. The van der Waals surface area contributed by atoms with E-state index in [2.05, 4.69) is 148 Å². The van der Waals surface area contributed by atoms with E-state index in [4.69, 9.17) is 34.8 Å². The largest absolute Gasteiger partial charge is 0.265 e. The van der Waals surface area contributed by atoms with E-state index >= 15 is 0 Å². The molecule has 0 amide bonds. The topological polar surface area (TPSA) is 116 Å². The summed E-state index contributed by atoms with van der Waals surface area (Å²) >= 11 is 27.5. The zero-order valence-electron chi connectivity index (χ0n) is 40.4. The SMILES string of the molecule is Brc1cccc(Br)n1.Cc1cccc(C)n1.Cc1ccnc(C)c1.Cc1ccnc(C)c1.Cc1ccnc(Cl)c1.Cc1ccnc(Cl)c1.Cc1ccncc1.Clc1cc(I)ccn1.Ic1ccncc1.[2HH]. The van der Waals surface area contributed by atoms with Crippen LogP contribution in [-0.4, -0.2) is 44.9 Å². The third kappa shape index (κ3) is 37.5. The van der Waals surface area contributed by atoms with Gasteiger partial charge in [-0.3, -0.25) is 24.9 Å². The van der Waals surface area contributed by atoms with Gasteiger partial charge in [0.15, 0.2) is 0 Å². The Morgan fingerprint density at radius 1 is 0.343 bits per heavy atom. The lowest BCUT2D eigenvalue weighted by molar-refractivity contribution is 1.12. The fraction of sp³-hybridized carbons (Fsp3) is 0.167. The number of aromatic nitrogens is 9. The molecule has 0 aliphatic heterocycles. The zero-order chi connectivity index (χ0) is 52.1. The van der Waals surface area contributed by atoms with Crippen molar-refractivity contribution in [3.05, 3.63) is 259 Å². The molecule has 16 heteroatoms. The van der Waals surface area contributed by atoms with Crippen LogP contribution in [0.5, 0.6) is 0 Å². The van der Waals surface area contributed by atoms with Gasteiger partial charge in [0.25, 0.3) is 0 Å². The van der Waals surface area contributed by atoms with E-state index < -0.39 is 0 Å². The summed E-state index contributed by atoms with van der Waals surface area (Å²) in [5, 5.41) is 1.67. The van der Waals surface area contributed by atoms with Gasteiger partial charge >= 0.3 is 0 Å². The van der Waals surface area contributed by atoms with Crippen LogP contribution in [0.15, 0.2) is 186 Å². The summed E-state index contributed by atoms with van der Waals surface area (Å²) in [5.74, 6) is 0. The quantitative estimate of drug-likeness (QED) is 0.108. The average Bonchev–Trinajstić information content (AvgIpc) is 3.28. The molecule has 0 spiro atoms. The molecule has 0 bridgehead atoms. The molecule has 0 fully saturated rings. The summed E-state index contributed by atoms with van der Waals surface area (Å²) < 4.78 is 4.05. The Balaban J connectivity index is 0.000000775. The molecule has 0 unspecified atom stereocenters.